The van der Waals surface area contributed by atoms with Gasteiger partial charge in [0.1, 0.15) is 0 Å². The highest BCUT2D eigenvalue weighted by atomic mass is 14.0. The van der Waals surface area contributed by atoms with Gasteiger partial charge in [-0.25, -0.2) is 0 Å². The van der Waals surface area contributed by atoms with Crippen LogP contribution in [-0.4, -0.2) is 0 Å². The van der Waals surface area contributed by atoms with Crippen LogP contribution in [0.5, 0.6) is 0 Å². The van der Waals surface area contributed by atoms with Crippen molar-refractivity contribution in [3.05, 3.63) is 54.1 Å². The Morgan fingerprint density at radius 2 is 1.88 bits per heavy atom. The summed E-state index contributed by atoms with van der Waals surface area (Å²) < 4.78 is 0. The van der Waals surface area contributed by atoms with Gasteiger partial charge in [-0.3, -0.25) is 0 Å². The van der Waals surface area contributed by atoms with Crippen LogP contribution >= 0.6 is 0 Å². The van der Waals surface area contributed by atoms with E-state index in [4.69, 9.17) is 0 Å². The lowest BCUT2D eigenvalue weighted by Crippen LogP contribution is -1.81. The minimum Gasteiger partial charge on any atom is -0.0995 e. The highest BCUT2D eigenvalue weighted by Crippen LogP contribution is 2.13. The normalized spacial score (nSPS) is 10.9. The summed E-state index contributed by atoms with van der Waals surface area (Å²) in [5, 5.41) is 0. The van der Waals surface area contributed by atoms with E-state index in [1.165, 1.54) is 43.2 Å². The minimum atomic E-state index is 1.01. The largest absolute Gasteiger partial charge is 0.0995 e. The van der Waals surface area contributed by atoms with E-state index in [-0.39, 0.29) is 0 Å². The molecule has 0 aliphatic rings. The van der Waals surface area contributed by atoms with Gasteiger partial charge in [-0.1, -0.05) is 80.8 Å². The fourth-order valence-electron chi connectivity index (χ4n) is 1.83. The van der Waals surface area contributed by atoms with Gasteiger partial charge in [0, 0.05) is 0 Å². The monoisotopic (exact) mass is 228 g/mol. The van der Waals surface area contributed by atoms with Gasteiger partial charge in [-0.15, -0.1) is 0 Å². The molecule has 0 heteroatoms. The summed E-state index contributed by atoms with van der Waals surface area (Å²) in [5.74, 6) is 0. The number of rotatable bonds is 8. The summed E-state index contributed by atoms with van der Waals surface area (Å²) in [7, 11) is 0. The first-order valence-corrected chi connectivity index (χ1v) is 6.71. The fourth-order valence-corrected chi connectivity index (χ4v) is 1.83. The minimum absolute atomic E-state index is 1.01. The lowest BCUT2D eigenvalue weighted by Gasteiger charge is -2.02. The Morgan fingerprint density at radius 3 is 2.59 bits per heavy atom. The number of unbranched alkanes of at least 4 members (excludes halogenated alkanes) is 3. The van der Waals surface area contributed by atoms with E-state index in [9.17, 15) is 0 Å². The SMILES string of the molecule is C=C(C/C=C\c1ccccc1)CCCCCC. The molecule has 92 valence electrons. The first kappa shape index (κ1) is 13.8. The van der Waals surface area contributed by atoms with Gasteiger partial charge in [-0.2, -0.15) is 0 Å². The lowest BCUT2D eigenvalue weighted by atomic mass is 10.0. The molecule has 1 rings (SSSR count). The molecule has 0 aliphatic carbocycles. The summed E-state index contributed by atoms with van der Waals surface area (Å²) >= 11 is 0. The molecule has 0 saturated heterocycles. The molecule has 0 spiro atoms. The van der Waals surface area contributed by atoms with Crippen molar-refractivity contribution >= 4 is 6.08 Å². The second-order valence-electron chi connectivity index (χ2n) is 4.58. The van der Waals surface area contributed by atoms with Gasteiger partial charge < -0.3 is 0 Å². The van der Waals surface area contributed by atoms with E-state index in [0.29, 0.717) is 0 Å². The maximum atomic E-state index is 4.13. The quantitative estimate of drug-likeness (QED) is 0.400. The Morgan fingerprint density at radius 1 is 1.12 bits per heavy atom. The lowest BCUT2D eigenvalue weighted by molar-refractivity contribution is 0.661. The highest BCUT2D eigenvalue weighted by molar-refractivity contribution is 5.49. The second-order valence-corrected chi connectivity index (χ2v) is 4.58. The molecule has 0 N–H and O–H groups in total. The van der Waals surface area contributed by atoms with Crippen LogP contribution in [0.15, 0.2) is 48.6 Å². The Kier molecular flexibility index (Phi) is 7.13. The van der Waals surface area contributed by atoms with Gasteiger partial charge in [0.25, 0.3) is 0 Å². The molecule has 1 aromatic carbocycles. The van der Waals surface area contributed by atoms with E-state index < -0.39 is 0 Å². The van der Waals surface area contributed by atoms with Crippen LogP contribution in [0.1, 0.15) is 51.0 Å². The van der Waals surface area contributed by atoms with E-state index in [0.717, 1.165) is 6.42 Å². The third-order valence-electron chi connectivity index (χ3n) is 2.90. The third kappa shape index (κ3) is 6.78. The van der Waals surface area contributed by atoms with Crippen LogP contribution < -0.4 is 0 Å². The standard InChI is InChI=1S/C17H24/c1-3-4-5-7-11-16(2)12-10-15-17-13-8-6-9-14-17/h6,8-10,13-15H,2-5,7,11-12H2,1H3/b15-10-. The molecule has 0 aliphatic heterocycles. The van der Waals surface area contributed by atoms with Crippen molar-refractivity contribution < 1.29 is 0 Å². The topological polar surface area (TPSA) is 0 Å². The third-order valence-corrected chi connectivity index (χ3v) is 2.90. The zero-order valence-electron chi connectivity index (χ0n) is 11.0. The van der Waals surface area contributed by atoms with Gasteiger partial charge in [0.2, 0.25) is 0 Å². The first-order valence-electron chi connectivity index (χ1n) is 6.71. The highest BCUT2D eigenvalue weighted by Gasteiger charge is 1.92. The molecule has 0 saturated carbocycles. The van der Waals surface area contributed by atoms with Gasteiger partial charge in [-0.05, 0) is 24.8 Å². The van der Waals surface area contributed by atoms with Crippen molar-refractivity contribution in [2.75, 3.05) is 0 Å². The Bertz CT molecular complexity index is 332. The number of allylic oxidation sites excluding steroid dienone is 2. The van der Waals surface area contributed by atoms with Crippen molar-refractivity contribution in [2.45, 2.75) is 45.4 Å². The average molecular weight is 228 g/mol. The number of hydrogen-bond donors (Lipinski definition) is 0. The van der Waals surface area contributed by atoms with Crippen LogP contribution in [0.3, 0.4) is 0 Å². The molecular formula is C17H24. The Labute approximate surface area is 106 Å². The molecule has 0 amide bonds. The van der Waals surface area contributed by atoms with Crippen LogP contribution in [-0.2, 0) is 0 Å². The van der Waals surface area contributed by atoms with Crippen LogP contribution in [0.25, 0.3) is 6.08 Å². The van der Waals surface area contributed by atoms with E-state index in [2.05, 4.69) is 49.9 Å². The van der Waals surface area contributed by atoms with Gasteiger partial charge in [0.15, 0.2) is 0 Å². The fraction of sp³-hybridized carbons (Fsp3) is 0.412. The van der Waals surface area contributed by atoms with Crippen molar-refractivity contribution in [3.63, 3.8) is 0 Å². The molecule has 0 bridgehead atoms. The summed E-state index contributed by atoms with van der Waals surface area (Å²) in [6.45, 7) is 6.38. The molecule has 1 aromatic rings. The molecule has 0 heterocycles. The zero-order valence-corrected chi connectivity index (χ0v) is 11.0. The van der Waals surface area contributed by atoms with Crippen LogP contribution in [0, 0.1) is 0 Å². The van der Waals surface area contributed by atoms with E-state index >= 15 is 0 Å². The molecule has 0 atom stereocenters. The van der Waals surface area contributed by atoms with E-state index in [1.54, 1.807) is 0 Å². The number of hydrogen-bond acceptors (Lipinski definition) is 0. The summed E-state index contributed by atoms with van der Waals surface area (Å²) in [6.07, 6.45) is 11.9. The molecule has 0 unspecified atom stereocenters. The average Bonchev–Trinajstić information content (AvgIpc) is 2.36. The van der Waals surface area contributed by atoms with Crippen LogP contribution in [0.2, 0.25) is 0 Å². The summed E-state index contributed by atoms with van der Waals surface area (Å²) in [5.41, 5.74) is 2.62. The smallest absolute Gasteiger partial charge is 0.0138 e. The van der Waals surface area contributed by atoms with E-state index in [1.807, 2.05) is 6.07 Å². The molecule has 0 aromatic heterocycles. The van der Waals surface area contributed by atoms with Gasteiger partial charge in [0.05, 0.1) is 0 Å². The Hall–Kier alpha value is -1.30. The van der Waals surface area contributed by atoms with Gasteiger partial charge >= 0.3 is 0 Å². The molecule has 0 nitrogen and oxygen atoms in total. The maximum Gasteiger partial charge on any atom is -0.0138 e. The predicted octanol–water partition coefficient (Wildman–Crippen LogP) is 5.62. The number of benzene rings is 1. The van der Waals surface area contributed by atoms with Crippen molar-refractivity contribution in [2.24, 2.45) is 0 Å². The maximum absolute atomic E-state index is 4.13. The van der Waals surface area contributed by atoms with Crippen molar-refractivity contribution in [1.82, 2.24) is 0 Å². The molecule has 0 fully saturated rings. The Balaban J connectivity index is 2.17. The molecular weight excluding hydrogens is 204 g/mol. The second kappa shape index (κ2) is 8.81. The first-order chi connectivity index (χ1) is 8.33. The van der Waals surface area contributed by atoms with Crippen molar-refractivity contribution in [1.29, 1.82) is 0 Å². The van der Waals surface area contributed by atoms with Crippen LogP contribution in [0.4, 0.5) is 0 Å². The van der Waals surface area contributed by atoms with Crippen molar-refractivity contribution in [3.8, 4) is 0 Å². The summed E-state index contributed by atoms with van der Waals surface area (Å²) in [4.78, 5) is 0. The molecule has 0 radical (unpaired) electrons. The molecule has 17 heavy (non-hydrogen) atoms. The zero-order chi connectivity index (χ0) is 12.3. The predicted molar refractivity (Wildman–Crippen MR) is 78.0 cm³/mol. The summed E-state index contributed by atoms with van der Waals surface area (Å²) in [6, 6.07) is 10.4.